The monoisotopic (exact) mass is 617 g/mol. The van der Waals surface area contributed by atoms with Crippen LogP contribution < -0.4 is 10.1 Å². The fraction of sp³-hybridized carbons (Fsp3) is 0.238. The fourth-order valence-electron chi connectivity index (χ4n) is 8.57. The highest BCUT2D eigenvalue weighted by Crippen LogP contribution is 2.50. The molecule has 2 heterocycles. The van der Waals surface area contributed by atoms with Crippen molar-refractivity contribution < 1.29 is 0 Å². The van der Waals surface area contributed by atoms with E-state index in [4.69, 9.17) is 0 Å². The molecule has 45 heavy (non-hydrogen) atoms. The lowest BCUT2D eigenvalue weighted by molar-refractivity contribution is 0.682. The summed E-state index contributed by atoms with van der Waals surface area (Å²) < 4.78 is 2.86. The Morgan fingerprint density at radius 2 is 1.60 bits per heavy atom. The molecule has 0 N–H and O–H groups in total. The molecule has 9 rings (SSSR count). The molecule has 4 aromatic carbocycles. The Morgan fingerprint density at radius 1 is 0.778 bits per heavy atom. The Kier molecular flexibility index (Phi) is 6.44. The SMILES string of the molecule is C[Si]1(C)C2=C(C(N(C3=CCC(c4ccc5c(c4)CCCC5)C=C3)c3ccccc3)=CCC2)c2c1ccc1c2sc2ccccc21. The summed E-state index contributed by atoms with van der Waals surface area (Å²) in [5.41, 5.74) is 11.6. The van der Waals surface area contributed by atoms with Gasteiger partial charge in [-0.15, -0.1) is 11.3 Å². The summed E-state index contributed by atoms with van der Waals surface area (Å²) in [6, 6.07) is 32.3. The van der Waals surface area contributed by atoms with Crippen LogP contribution in [0.1, 0.15) is 60.3 Å². The minimum absolute atomic E-state index is 0.436. The Balaban J connectivity index is 1.16. The van der Waals surface area contributed by atoms with Crippen LogP contribution in [0.3, 0.4) is 0 Å². The molecule has 1 unspecified atom stereocenters. The van der Waals surface area contributed by atoms with E-state index in [-0.39, 0.29) is 0 Å². The average Bonchev–Trinajstić information content (AvgIpc) is 3.58. The molecule has 1 atom stereocenters. The van der Waals surface area contributed by atoms with Gasteiger partial charge < -0.3 is 4.90 Å². The summed E-state index contributed by atoms with van der Waals surface area (Å²) in [7, 11) is -1.81. The van der Waals surface area contributed by atoms with E-state index in [1.807, 2.05) is 11.3 Å². The molecule has 0 spiro atoms. The number of allylic oxidation sites excluding steroid dienone is 6. The maximum absolute atomic E-state index is 2.59. The van der Waals surface area contributed by atoms with Crippen molar-refractivity contribution in [3.63, 3.8) is 0 Å². The largest absolute Gasteiger partial charge is 0.311 e. The van der Waals surface area contributed by atoms with Crippen molar-refractivity contribution in [3.05, 3.63) is 148 Å². The Labute approximate surface area is 271 Å². The maximum Gasteiger partial charge on any atom is 0.109 e. The first kappa shape index (κ1) is 27.4. The number of benzene rings is 4. The molecule has 4 aliphatic rings. The number of rotatable bonds is 4. The third-order valence-corrected chi connectivity index (χ3v) is 15.9. The van der Waals surface area contributed by atoms with Gasteiger partial charge >= 0.3 is 0 Å². The molecule has 0 saturated heterocycles. The van der Waals surface area contributed by atoms with E-state index in [2.05, 4.69) is 127 Å². The summed E-state index contributed by atoms with van der Waals surface area (Å²) in [6.07, 6.45) is 18.4. The van der Waals surface area contributed by atoms with Crippen molar-refractivity contribution in [1.29, 1.82) is 0 Å². The van der Waals surface area contributed by atoms with Gasteiger partial charge in [-0.05, 0) is 91.1 Å². The van der Waals surface area contributed by atoms with Gasteiger partial charge in [-0.3, -0.25) is 0 Å². The quantitative estimate of drug-likeness (QED) is 0.181. The summed E-state index contributed by atoms with van der Waals surface area (Å²) in [4.78, 5) is 2.58. The van der Waals surface area contributed by atoms with E-state index in [1.54, 1.807) is 21.5 Å². The van der Waals surface area contributed by atoms with Crippen LogP contribution >= 0.6 is 11.3 Å². The van der Waals surface area contributed by atoms with Crippen molar-refractivity contribution in [2.45, 2.75) is 64.0 Å². The zero-order valence-corrected chi connectivity index (χ0v) is 28.1. The second-order valence-corrected chi connectivity index (χ2v) is 19.3. The van der Waals surface area contributed by atoms with Crippen molar-refractivity contribution >= 4 is 56.0 Å². The zero-order chi connectivity index (χ0) is 30.1. The highest BCUT2D eigenvalue weighted by atomic mass is 32.1. The molecule has 0 radical (unpaired) electrons. The first-order chi connectivity index (χ1) is 22.1. The van der Waals surface area contributed by atoms with Gasteiger partial charge in [-0.1, -0.05) is 103 Å². The normalized spacial score (nSPS) is 20.1. The van der Waals surface area contributed by atoms with E-state index in [9.17, 15) is 0 Å². The molecule has 1 nitrogen and oxygen atoms in total. The highest BCUT2D eigenvalue weighted by molar-refractivity contribution is 7.26. The number of aryl methyl sites for hydroxylation is 2. The average molecular weight is 618 g/mol. The van der Waals surface area contributed by atoms with Gasteiger partial charge in [-0.2, -0.15) is 0 Å². The highest BCUT2D eigenvalue weighted by Gasteiger charge is 2.44. The molecule has 0 amide bonds. The van der Waals surface area contributed by atoms with Gasteiger partial charge in [0.1, 0.15) is 8.07 Å². The Morgan fingerprint density at radius 3 is 2.44 bits per heavy atom. The molecule has 1 aromatic heterocycles. The predicted octanol–water partition coefficient (Wildman–Crippen LogP) is 11.0. The van der Waals surface area contributed by atoms with Crippen molar-refractivity contribution in [3.8, 4) is 0 Å². The minimum Gasteiger partial charge on any atom is -0.311 e. The smallest absolute Gasteiger partial charge is 0.109 e. The van der Waals surface area contributed by atoms with Crippen LogP contribution in [-0.2, 0) is 12.8 Å². The fourth-order valence-corrected chi connectivity index (χ4v) is 13.3. The number of hydrogen-bond acceptors (Lipinski definition) is 2. The summed E-state index contributed by atoms with van der Waals surface area (Å²) >= 11 is 1.99. The minimum atomic E-state index is -1.81. The molecule has 3 aliphatic carbocycles. The molecule has 222 valence electrons. The van der Waals surface area contributed by atoms with Gasteiger partial charge in [0, 0.05) is 54.3 Å². The van der Waals surface area contributed by atoms with Crippen molar-refractivity contribution in [2.24, 2.45) is 0 Å². The van der Waals surface area contributed by atoms with E-state index in [0.29, 0.717) is 5.92 Å². The number of nitrogens with zero attached hydrogens (tertiary/aromatic N) is 1. The third-order valence-electron chi connectivity index (χ3n) is 10.9. The van der Waals surface area contributed by atoms with Crippen molar-refractivity contribution in [1.82, 2.24) is 0 Å². The zero-order valence-electron chi connectivity index (χ0n) is 26.3. The number of fused-ring (bicyclic) bond motifs is 7. The Hall–Kier alpha value is -3.92. The summed E-state index contributed by atoms with van der Waals surface area (Å²) in [5.74, 6) is 0.436. The van der Waals surface area contributed by atoms with Crippen molar-refractivity contribution in [2.75, 3.05) is 4.90 Å². The standard InChI is InChI=1S/C42H39NSSi/c1-45(2)38-18-10-16-36(40(38)41-39(45)26-25-35-34-15-8-9-17-37(34)44-42(35)41)43(32-13-4-3-5-14-32)33-23-21-29(22-24-33)31-20-19-28-11-6-7-12-30(28)27-31/h3-5,8-9,13-17,19-21,23-27,29H,6-7,10-12,18,22H2,1-2H3. The number of thiophene rings is 1. The van der Waals surface area contributed by atoms with Crippen LogP contribution in [0.2, 0.25) is 13.1 Å². The molecule has 5 aromatic rings. The van der Waals surface area contributed by atoms with E-state index >= 15 is 0 Å². The summed E-state index contributed by atoms with van der Waals surface area (Å²) in [5, 5.41) is 6.15. The molecular formula is C42H39NSSi. The van der Waals surface area contributed by atoms with Gasteiger partial charge in [0.2, 0.25) is 0 Å². The molecule has 3 heteroatoms. The van der Waals surface area contributed by atoms with Crippen LogP contribution in [0.25, 0.3) is 25.7 Å². The van der Waals surface area contributed by atoms with Crippen LogP contribution in [0.5, 0.6) is 0 Å². The molecule has 1 aliphatic heterocycles. The van der Waals surface area contributed by atoms with E-state index in [1.165, 1.54) is 86.1 Å². The number of anilines is 1. The lowest BCUT2D eigenvalue weighted by atomic mass is 9.85. The second-order valence-electron chi connectivity index (χ2n) is 13.8. The van der Waals surface area contributed by atoms with Crippen LogP contribution in [-0.4, -0.2) is 8.07 Å². The van der Waals surface area contributed by atoms with Gasteiger partial charge in [0.15, 0.2) is 0 Å². The Bertz CT molecular complexity index is 2120. The lowest BCUT2D eigenvalue weighted by Crippen LogP contribution is -2.41. The molecule has 0 bridgehead atoms. The lowest BCUT2D eigenvalue weighted by Gasteiger charge is -2.35. The third kappa shape index (κ3) is 4.31. The van der Waals surface area contributed by atoms with Gasteiger partial charge in [0.25, 0.3) is 0 Å². The van der Waals surface area contributed by atoms with Crippen LogP contribution in [0.4, 0.5) is 5.69 Å². The second kappa shape index (κ2) is 10.6. The van der Waals surface area contributed by atoms with Crippen LogP contribution in [0.15, 0.2) is 126 Å². The van der Waals surface area contributed by atoms with E-state index < -0.39 is 8.07 Å². The van der Waals surface area contributed by atoms with Gasteiger partial charge in [0.05, 0.1) is 0 Å². The number of para-hydroxylation sites is 1. The van der Waals surface area contributed by atoms with Gasteiger partial charge in [-0.25, -0.2) is 0 Å². The maximum atomic E-state index is 2.59. The molecular weight excluding hydrogens is 579 g/mol. The first-order valence-corrected chi connectivity index (χ1v) is 20.6. The first-order valence-electron chi connectivity index (χ1n) is 16.8. The summed E-state index contributed by atoms with van der Waals surface area (Å²) in [6.45, 7) is 5.18. The topological polar surface area (TPSA) is 3.24 Å². The molecule has 0 saturated carbocycles. The van der Waals surface area contributed by atoms with E-state index in [0.717, 1.165) is 12.8 Å². The predicted molar refractivity (Wildman–Crippen MR) is 197 cm³/mol. The molecule has 0 fully saturated rings. The number of hydrogen-bond donors (Lipinski definition) is 0. The van der Waals surface area contributed by atoms with Crippen LogP contribution in [0, 0.1) is 0 Å².